The molecule has 0 N–H and O–H groups in total. The lowest BCUT2D eigenvalue weighted by Gasteiger charge is -2.19. The van der Waals surface area contributed by atoms with Gasteiger partial charge in [0.25, 0.3) is 0 Å². The molecule has 0 aliphatic rings. The molecule has 22 heavy (non-hydrogen) atoms. The van der Waals surface area contributed by atoms with Gasteiger partial charge >= 0.3 is 15.5 Å². The second-order valence-corrected chi connectivity index (χ2v) is 6.56. The van der Waals surface area contributed by atoms with Gasteiger partial charge in [0.2, 0.25) is 0 Å². The molecule has 0 spiro atoms. The Bertz CT molecular complexity index is 625. The molecule has 0 fully saturated rings. The molecule has 1 rings (SSSR count). The predicted molar refractivity (Wildman–Crippen MR) is 76.9 cm³/mol. The highest BCUT2D eigenvalue weighted by atomic mass is 32.2. The van der Waals surface area contributed by atoms with Gasteiger partial charge in [-0.25, -0.2) is 8.42 Å². The first-order valence-corrected chi connectivity index (χ1v) is 7.82. The van der Waals surface area contributed by atoms with Crippen molar-refractivity contribution in [2.45, 2.75) is 19.4 Å². The molecule has 0 bridgehead atoms. The minimum Gasteiger partial charge on any atom is -0.396 e. The first-order chi connectivity index (χ1) is 10.1. The molecule has 0 aromatic heterocycles. The van der Waals surface area contributed by atoms with E-state index in [2.05, 4.69) is 5.16 Å². The molecule has 1 aromatic rings. The Hall–Kier alpha value is -1.61. The standard InChI is InChI=1S/C13H17F3N2O3S/c1-4-21-17-12(11-7-5-10(2)6-8-11)9-18(3)22(19,20)13(14,15)16/h5-8H,4,9H2,1-3H3/b17-12-. The summed E-state index contributed by atoms with van der Waals surface area (Å²) >= 11 is 0. The summed E-state index contributed by atoms with van der Waals surface area (Å²) in [6.07, 6.45) is 0. The minimum atomic E-state index is -5.42. The van der Waals surface area contributed by atoms with Crippen LogP contribution in [0.15, 0.2) is 29.4 Å². The zero-order chi connectivity index (χ0) is 17.0. The van der Waals surface area contributed by atoms with E-state index >= 15 is 0 Å². The molecule has 5 nitrogen and oxygen atoms in total. The molecule has 0 radical (unpaired) electrons. The summed E-state index contributed by atoms with van der Waals surface area (Å²) in [4.78, 5) is 4.86. The van der Waals surface area contributed by atoms with Gasteiger partial charge in [-0.2, -0.15) is 17.5 Å². The zero-order valence-electron chi connectivity index (χ0n) is 12.4. The highest BCUT2D eigenvalue weighted by Gasteiger charge is 2.48. The van der Waals surface area contributed by atoms with Gasteiger partial charge in [-0.3, -0.25) is 0 Å². The van der Waals surface area contributed by atoms with Gasteiger partial charge in [0, 0.05) is 12.6 Å². The number of halogens is 3. The minimum absolute atomic E-state index is 0.0946. The van der Waals surface area contributed by atoms with E-state index < -0.39 is 22.1 Å². The first kappa shape index (κ1) is 18.4. The van der Waals surface area contributed by atoms with Crippen LogP contribution in [0.4, 0.5) is 13.2 Å². The number of benzene rings is 1. The quantitative estimate of drug-likeness (QED) is 0.591. The van der Waals surface area contributed by atoms with Crippen LogP contribution in [-0.4, -0.2) is 44.1 Å². The fourth-order valence-corrected chi connectivity index (χ4v) is 2.18. The van der Waals surface area contributed by atoms with E-state index in [9.17, 15) is 21.6 Å². The fraction of sp³-hybridized carbons (Fsp3) is 0.462. The highest BCUT2D eigenvalue weighted by molar-refractivity contribution is 7.90. The molecule has 124 valence electrons. The topological polar surface area (TPSA) is 59.0 Å². The predicted octanol–water partition coefficient (Wildman–Crippen LogP) is 2.52. The smallest absolute Gasteiger partial charge is 0.396 e. The van der Waals surface area contributed by atoms with Crippen LogP contribution in [0.2, 0.25) is 0 Å². The number of hydrogen-bond donors (Lipinski definition) is 0. The van der Waals surface area contributed by atoms with Crippen molar-refractivity contribution in [3.63, 3.8) is 0 Å². The number of rotatable bonds is 6. The van der Waals surface area contributed by atoms with Gasteiger partial charge in [-0.1, -0.05) is 35.0 Å². The molecule has 0 amide bonds. The molecular formula is C13H17F3N2O3S. The maximum atomic E-state index is 12.5. The summed E-state index contributed by atoms with van der Waals surface area (Å²) in [6.45, 7) is 3.17. The van der Waals surface area contributed by atoms with Crippen LogP contribution in [0.5, 0.6) is 0 Å². The van der Waals surface area contributed by atoms with Crippen LogP contribution < -0.4 is 0 Å². The Kier molecular flexibility index (Phi) is 5.95. The van der Waals surface area contributed by atoms with Crippen LogP contribution in [-0.2, 0) is 14.9 Å². The molecule has 1 aromatic carbocycles. The summed E-state index contributed by atoms with van der Waals surface area (Å²) in [5, 5.41) is 3.72. The summed E-state index contributed by atoms with van der Waals surface area (Å²) in [6, 6.07) is 6.77. The lowest BCUT2D eigenvalue weighted by atomic mass is 10.1. The maximum absolute atomic E-state index is 12.5. The molecule has 0 atom stereocenters. The van der Waals surface area contributed by atoms with Crippen LogP contribution in [0.1, 0.15) is 18.1 Å². The normalized spacial score (nSPS) is 13.5. The zero-order valence-corrected chi connectivity index (χ0v) is 13.2. The van der Waals surface area contributed by atoms with E-state index in [-0.39, 0.29) is 16.6 Å². The molecular weight excluding hydrogens is 321 g/mol. The molecule has 0 heterocycles. The average molecular weight is 338 g/mol. The maximum Gasteiger partial charge on any atom is 0.511 e. The van der Waals surface area contributed by atoms with Crippen LogP contribution in [0.25, 0.3) is 0 Å². The van der Waals surface area contributed by atoms with Crippen molar-refractivity contribution in [3.8, 4) is 0 Å². The van der Waals surface area contributed by atoms with Crippen molar-refractivity contribution in [2.24, 2.45) is 5.16 Å². The molecule has 0 aliphatic heterocycles. The largest absolute Gasteiger partial charge is 0.511 e. The van der Waals surface area contributed by atoms with Gasteiger partial charge in [0.1, 0.15) is 12.3 Å². The summed E-state index contributed by atoms with van der Waals surface area (Å²) in [5.41, 5.74) is -3.82. The molecule has 9 heteroatoms. The Morgan fingerprint density at radius 2 is 1.82 bits per heavy atom. The van der Waals surface area contributed by atoms with Crippen molar-refractivity contribution in [1.29, 1.82) is 0 Å². The Morgan fingerprint density at radius 1 is 1.27 bits per heavy atom. The summed E-state index contributed by atoms with van der Waals surface area (Å²) in [7, 11) is -4.57. The Morgan fingerprint density at radius 3 is 2.27 bits per heavy atom. The SMILES string of the molecule is CCO/N=C(/CN(C)S(=O)(=O)C(F)(F)F)c1ccc(C)cc1. The number of oxime groups is 1. The molecule has 0 saturated carbocycles. The van der Waals surface area contributed by atoms with Crippen molar-refractivity contribution >= 4 is 15.7 Å². The van der Waals surface area contributed by atoms with Crippen LogP contribution >= 0.6 is 0 Å². The summed E-state index contributed by atoms with van der Waals surface area (Å²) < 4.78 is 60.5. The second-order valence-electron chi connectivity index (χ2n) is 4.53. The number of hydrogen-bond acceptors (Lipinski definition) is 4. The van der Waals surface area contributed by atoms with Gasteiger partial charge in [-0.05, 0) is 13.8 Å². The third kappa shape index (κ3) is 4.44. The monoisotopic (exact) mass is 338 g/mol. The lowest BCUT2D eigenvalue weighted by molar-refractivity contribution is -0.0479. The number of alkyl halides is 3. The third-order valence-corrected chi connectivity index (χ3v) is 4.30. The molecule has 0 unspecified atom stereocenters. The highest BCUT2D eigenvalue weighted by Crippen LogP contribution is 2.26. The Labute approximate surface area is 127 Å². The second kappa shape index (κ2) is 7.10. The Balaban J connectivity index is 3.08. The van der Waals surface area contributed by atoms with E-state index in [4.69, 9.17) is 4.84 Å². The molecule has 0 aliphatic carbocycles. The van der Waals surface area contributed by atoms with E-state index in [1.54, 1.807) is 31.2 Å². The van der Waals surface area contributed by atoms with Crippen LogP contribution in [0.3, 0.4) is 0 Å². The first-order valence-electron chi connectivity index (χ1n) is 6.38. The van der Waals surface area contributed by atoms with E-state index in [1.165, 1.54) is 0 Å². The van der Waals surface area contributed by atoms with Gasteiger partial charge in [0.15, 0.2) is 0 Å². The number of nitrogens with zero attached hydrogens (tertiary/aromatic N) is 2. The molecule has 0 saturated heterocycles. The number of sulfonamides is 1. The summed E-state index contributed by atoms with van der Waals surface area (Å²) in [5.74, 6) is 0. The van der Waals surface area contributed by atoms with Gasteiger partial charge in [0.05, 0.1) is 6.54 Å². The van der Waals surface area contributed by atoms with Crippen molar-refractivity contribution in [1.82, 2.24) is 4.31 Å². The average Bonchev–Trinajstić information content (AvgIpc) is 2.42. The van der Waals surface area contributed by atoms with Crippen molar-refractivity contribution < 1.29 is 26.4 Å². The lowest BCUT2D eigenvalue weighted by Crippen LogP contribution is -2.41. The van der Waals surface area contributed by atoms with Gasteiger partial charge < -0.3 is 4.84 Å². The van der Waals surface area contributed by atoms with Gasteiger partial charge in [-0.15, -0.1) is 0 Å². The van der Waals surface area contributed by atoms with E-state index in [0.717, 1.165) is 12.6 Å². The van der Waals surface area contributed by atoms with Crippen molar-refractivity contribution in [3.05, 3.63) is 35.4 Å². The number of aryl methyl sites for hydroxylation is 1. The fourth-order valence-electron chi connectivity index (χ4n) is 1.53. The number of likely N-dealkylation sites (N-methyl/N-ethyl adjacent to an activating group) is 1. The van der Waals surface area contributed by atoms with E-state index in [0.29, 0.717) is 5.56 Å². The third-order valence-electron chi connectivity index (χ3n) is 2.76. The van der Waals surface area contributed by atoms with E-state index in [1.807, 2.05) is 6.92 Å². The van der Waals surface area contributed by atoms with Crippen molar-refractivity contribution in [2.75, 3.05) is 20.2 Å². The van der Waals surface area contributed by atoms with Crippen LogP contribution in [0, 0.1) is 6.92 Å².